The highest BCUT2D eigenvalue weighted by molar-refractivity contribution is 6.01. The number of carbonyl (C=O) groups excluding carboxylic acids is 1. The lowest BCUT2D eigenvalue weighted by molar-refractivity contribution is -0.132. The van der Waals surface area contributed by atoms with Crippen LogP contribution in [0.4, 0.5) is 13.2 Å². The number of aliphatic imine (C=N–C) groups is 1. The highest BCUT2D eigenvalue weighted by Crippen LogP contribution is 2.45. The molecule has 0 aromatic heterocycles. The monoisotopic (exact) mass is 377 g/mol. The lowest BCUT2D eigenvalue weighted by atomic mass is 9.71. The molecule has 1 amide bonds. The van der Waals surface area contributed by atoms with Gasteiger partial charge in [0.25, 0.3) is 5.92 Å². The van der Waals surface area contributed by atoms with E-state index in [0.717, 1.165) is 6.92 Å². The van der Waals surface area contributed by atoms with Gasteiger partial charge in [-0.1, -0.05) is 29.9 Å². The van der Waals surface area contributed by atoms with Crippen molar-refractivity contribution in [1.82, 2.24) is 4.90 Å². The van der Waals surface area contributed by atoms with Gasteiger partial charge >= 0.3 is 0 Å². The summed E-state index contributed by atoms with van der Waals surface area (Å²) in [6.07, 6.45) is 3.47. The van der Waals surface area contributed by atoms with Crippen LogP contribution >= 0.6 is 0 Å². The van der Waals surface area contributed by atoms with Gasteiger partial charge in [-0.2, -0.15) is 0 Å². The largest absolute Gasteiger partial charge is 0.369 e. The summed E-state index contributed by atoms with van der Waals surface area (Å²) in [6.45, 7) is 2.63. The molecule has 1 heterocycles. The predicted octanol–water partition coefficient (Wildman–Crippen LogP) is 3.75. The molecular formula is C20H22F3N3O. The molecule has 0 unspecified atom stereocenters. The molecule has 1 aromatic rings. The van der Waals surface area contributed by atoms with E-state index in [0.29, 0.717) is 17.6 Å². The minimum atomic E-state index is -2.89. The van der Waals surface area contributed by atoms with E-state index >= 15 is 0 Å². The highest BCUT2D eigenvalue weighted by atomic mass is 19.3. The maximum absolute atomic E-state index is 13.6. The third-order valence-electron chi connectivity index (χ3n) is 5.38. The third-order valence-corrected chi connectivity index (χ3v) is 5.38. The van der Waals surface area contributed by atoms with Crippen LogP contribution in [0.1, 0.15) is 32.3 Å². The zero-order chi connectivity index (χ0) is 20.0. The molecule has 7 heteroatoms. The molecule has 2 N–H and O–H groups in total. The molecule has 144 valence electrons. The lowest BCUT2D eigenvalue weighted by Gasteiger charge is -2.42. The quantitative estimate of drug-likeness (QED) is 0.872. The fourth-order valence-corrected chi connectivity index (χ4v) is 3.72. The van der Waals surface area contributed by atoms with Gasteiger partial charge in [0.05, 0.1) is 5.92 Å². The second kappa shape index (κ2) is 6.55. The van der Waals surface area contributed by atoms with Crippen molar-refractivity contribution >= 4 is 11.9 Å². The van der Waals surface area contributed by atoms with Crippen LogP contribution in [0.25, 0.3) is 0 Å². The maximum Gasteiger partial charge on any atom is 0.266 e. The van der Waals surface area contributed by atoms with Crippen molar-refractivity contribution in [2.45, 2.75) is 38.2 Å². The average molecular weight is 377 g/mol. The van der Waals surface area contributed by atoms with Gasteiger partial charge in [0.15, 0.2) is 5.96 Å². The number of carbonyl (C=O) groups is 1. The molecule has 0 saturated carbocycles. The number of alkyl halides is 2. The summed E-state index contributed by atoms with van der Waals surface area (Å²) < 4.78 is 40.5. The van der Waals surface area contributed by atoms with Crippen LogP contribution in [0.15, 0.2) is 52.6 Å². The summed E-state index contributed by atoms with van der Waals surface area (Å²) in [4.78, 5) is 18.9. The van der Waals surface area contributed by atoms with E-state index in [1.165, 1.54) is 30.2 Å². The summed E-state index contributed by atoms with van der Waals surface area (Å²) in [5.74, 6) is -4.19. The molecule has 0 bridgehead atoms. The smallest absolute Gasteiger partial charge is 0.266 e. The first-order chi connectivity index (χ1) is 12.5. The number of amides is 1. The van der Waals surface area contributed by atoms with E-state index in [-0.39, 0.29) is 23.9 Å². The van der Waals surface area contributed by atoms with Crippen molar-refractivity contribution in [2.75, 3.05) is 7.05 Å². The minimum Gasteiger partial charge on any atom is -0.369 e. The molecule has 0 radical (unpaired) electrons. The molecule has 3 rings (SSSR count). The first kappa shape index (κ1) is 19.2. The van der Waals surface area contributed by atoms with E-state index in [9.17, 15) is 18.0 Å². The van der Waals surface area contributed by atoms with E-state index in [1.54, 1.807) is 25.1 Å². The van der Waals surface area contributed by atoms with Gasteiger partial charge in [-0.15, -0.1) is 0 Å². The van der Waals surface area contributed by atoms with Gasteiger partial charge in [0.1, 0.15) is 11.4 Å². The third kappa shape index (κ3) is 3.38. The van der Waals surface area contributed by atoms with E-state index in [1.807, 2.05) is 0 Å². The fraction of sp³-hybridized carbons (Fsp3) is 0.400. The Hall–Kier alpha value is -2.57. The molecule has 2 atom stereocenters. The summed E-state index contributed by atoms with van der Waals surface area (Å²) in [6, 6.07) is 5.75. The lowest BCUT2D eigenvalue weighted by Crippen LogP contribution is -2.54. The Morgan fingerprint density at radius 1 is 1.22 bits per heavy atom. The Morgan fingerprint density at radius 2 is 1.85 bits per heavy atom. The average Bonchev–Trinajstić information content (AvgIpc) is 2.60. The first-order valence-corrected chi connectivity index (χ1v) is 8.71. The number of hydrogen-bond acceptors (Lipinski definition) is 3. The van der Waals surface area contributed by atoms with Crippen molar-refractivity contribution in [1.29, 1.82) is 0 Å². The Bertz CT molecular complexity index is 852. The zero-order valence-corrected chi connectivity index (χ0v) is 15.5. The number of nitrogens with zero attached hydrogens (tertiary/aromatic N) is 2. The number of hydrogen-bond donors (Lipinski definition) is 1. The van der Waals surface area contributed by atoms with Crippen LogP contribution in [0.5, 0.6) is 0 Å². The van der Waals surface area contributed by atoms with Crippen molar-refractivity contribution in [3.05, 3.63) is 58.9 Å². The molecule has 27 heavy (non-hydrogen) atoms. The van der Waals surface area contributed by atoms with Crippen molar-refractivity contribution < 1.29 is 18.0 Å². The molecule has 2 aliphatic rings. The van der Waals surface area contributed by atoms with Gasteiger partial charge in [0.2, 0.25) is 5.91 Å². The van der Waals surface area contributed by atoms with E-state index in [2.05, 4.69) is 4.99 Å². The molecule has 0 fully saturated rings. The zero-order valence-electron chi connectivity index (χ0n) is 15.5. The van der Waals surface area contributed by atoms with Gasteiger partial charge in [0, 0.05) is 14.0 Å². The summed E-state index contributed by atoms with van der Waals surface area (Å²) in [7, 11) is 1.53. The maximum atomic E-state index is 13.6. The number of nitrogens with two attached hydrogens (primary N) is 1. The van der Waals surface area contributed by atoms with Crippen LogP contribution in [0.2, 0.25) is 0 Å². The SMILES string of the molecule is CN1C(=O)[C@H](C2=CC=C(C(C)(F)F)CC2)[C@@](C)(c2ccc(F)cc2)N=C1N. The molecule has 1 aromatic carbocycles. The Kier molecular flexibility index (Phi) is 4.66. The summed E-state index contributed by atoms with van der Waals surface area (Å²) >= 11 is 0. The topological polar surface area (TPSA) is 58.7 Å². The Balaban J connectivity index is 2.11. The second-order valence-electron chi connectivity index (χ2n) is 7.28. The summed E-state index contributed by atoms with van der Waals surface area (Å²) in [5.41, 5.74) is 6.27. The molecule has 1 aliphatic heterocycles. The Morgan fingerprint density at radius 3 is 2.37 bits per heavy atom. The van der Waals surface area contributed by atoms with Gasteiger partial charge < -0.3 is 5.73 Å². The number of benzene rings is 1. The van der Waals surface area contributed by atoms with Crippen LogP contribution < -0.4 is 5.73 Å². The number of halogens is 3. The minimum absolute atomic E-state index is 0.0364. The standard InChI is InChI=1S/C20H22F3N3O/c1-19(13-8-10-15(21)11-9-13)16(17(27)26(3)18(24)25-19)12-4-6-14(7-5-12)20(2,22)23/h4,6,8-11,16H,5,7H2,1-3H3,(H2,24,25)/t16-,19+/m0/s1. The van der Waals surface area contributed by atoms with Crippen LogP contribution in [-0.2, 0) is 10.3 Å². The van der Waals surface area contributed by atoms with Crippen LogP contribution in [-0.4, -0.2) is 29.7 Å². The molecule has 0 saturated heterocycles. The van der Waals surface area contributed by atoms with Crippen LogP contribution in [0.3, 0.4) is 0 Å². The normalized spacial score (nSPS) is 26.4. The van der Waals surface area contributed by atoms with Crippen LogP contribution in [0, 0.1) is 11.7 Å². The van der Waals surface area contributed by atoms with Gasteiger partial charge in [-0.05, 0) is 43.0 Å². The van der Waals surface area contributed by atoms with Crippen molar-refractivity contribution in [3.8, 4) is 0 Å². The fourth-order valence-electron chi connectivity index (χ4n) is 3.72. The molecule has 4 nitrogen and oxygen atoms in total. The summed E-state index contributed by atoms with van der Waals surface area (Å²) in [5, 5.41) is 0. The highest BCUT2D eigenvalue weighted by Gasteiger charge is 2.48. The number of allylic oxidation sites excluding steroid dienone is 3. The molecule has 1 aliphatic carbocycles. The van der Waals surface area contributed by atoms with Gasteiger partial charge in [-0.3, -0.25) is 9.69 Å². The molecule has 0 spiro atoms. The first-order valence-electron chi connectivity index (χ1n) is 8.71. The van der Waals surface area contributed by atoms with E-state index < -0.39 is 23.2 Å². The van der Waals surface area contributed by atoms with E-state index in [4.69, 9.17) is 5.73 Å². The number of guanidine groups is 1. The van der Waals surface area contributed by atoms with Crippen molar-refractivity contribution in [2.24, 2.45) is 16.6 Å². The predicted molar refractivity (Wildman–Crippen MR) is 97.7 cm³/mol. The number of rotatable bonds is 3. The Labute approximate surface area is 156 Å². The second-order valence-corrected chi connectivity index (χ2v) is 7.28. The molecular weight excluding hydrogens is 355 g/mol. The van der Waals surface area contributed by atoms with Gasteiger partial charge in [-0.25, -0.2) is 18.2 Å². The van der Waals surface area contributed by atoms with Crippen molar-refractivity contribution in [3.63, 3.8) is 0 Å².